The topological polar surface area (TPSA) is 72.8 Å². The molecule has 2 fully saturated rings. The molecule has 0 amide bonds. The monoisotopic (exact) mass is 462 g/mol. The first-order valence-electron chi connectivity index (χ1n) is 12.3. The zero-order chi connectivity index (χ0) is 24.1. The number of hydrogen-bond donors (Lipinski definition) is 1. The minimum Gasteiger partial charge on any atom is -0.462 e. The molecule has 0 radical (unpaired) electrons. The van der Waals surface area contributed by atoms with Crippen LogP contribution in [0.2, 0.25) is 0 Å². The average molecular weight is 463 g/mol. The standard InChI is InChI=1S/C29H34O5/c1-3-4-8-16-29(2,32)17-15-23-24-18-27(30)33-26(24)19-25(23)34-28(31)22-13-11-21(12-14-22)20-9-6-5-7-10-20/h5-7,9-15,17,23-26,32H,3-4,8,16,18-19H2,1-2H3/b17-15+/t23?,24-,25-,26+,29?/m1/s1. The summed E-state index contributed by atoms with van der Waals surface area (Å²) in [5.74, 6) is -0.788. The Morgan fingerprint density at radius 1 is 1.12 bits per heavy atom. The van der Waals surface area contributed by atoms with Gasteiger partial charge in [0.1, 0.15) is 12.2 Å². The van der Waals surface area contributed by atoms with Crippen LogP contribution in [0.1, 0.15) is 62.7 Å². The summed E-state index contributed by atoms with van der Waals surface area (Å²) in [6.45, 7) is 3.94. The number of benzene rings is 2. The summed E-state index contributed by atoms with van der Waals surface area (Å²) in [5, 5.41) is 10.8. The highest BCUT2D eigenvalue weighted by Gasteiger charge is 2.50. The van der Waals surface area contributed by atoms with Gasteiger partial charge in [-0.15, -0.1) is 0 Å². The van der Waals surface area contributed by atoms with Gasteiger partial charge < -0.3 is 14.6 Å². The molecule has 2 aliphatic rings. The molecule has 2 unspecified atom stereocenters. The molecule has 0 aromatic heterocycles. The third-order valence-electron chi connectivity index (χ3n) is 7.00. The lowest BCUT2D eigenvalue weighted by Crippen LogP contribution is -2.26. The van der Waals surface area contributed by atoms with Gasteiger partial charge >= 0.3 is 11.9 Å². The Morgan fingerprint density at radius 2 is 1.82 bits per heavy atom. The van der Waals surface area contributed by atoms with Crippen LogP contribution < -0.4 is 0 Å². The van der Waals surface area contributed by atoms with Crippen LogP contribution >= 0.6 is 0 Å². The molecule has 1 saturated heterocycles. The Labute approximate surface area is 201 Å². The zero-order valence-electron chi connectivity index (χ0n) is 20.0. The molecule has 4 rings (SSSR count). The van der Waals surface area contributed by atoms with Gasteiger partial charge in [0.25, 0.3) is 0 Å². The number of unbranched alkanes of at least 4 members (excludes halogenated alkanes) is 2. The molecule has 5 heteroatoms. The van der Waals surface area contributed by atoms with Crippen molar-refractivity contribution in [2.75, 3.05) is 0 Å². The molecule has 1 saturated carbocycles. The maximum Gasteiger partial charge on any atom is 0.338 e. The van der Waals surface area contributed by atoms with E-state index < -0.39 is 11.7 Å². The maximum absolute atomic E-state index is 13.0. The highest BCUT2D eigenvalue weighted by atomic mass is 16.6. The molecule has 1 aliphatic carbocycles. The highest BCUT2D eigenvalue weighted by Crippen LogP contribution is 2.44. The summed E-state index contributed by atoms with van der Waals surface area (Å²) in [6, 6.07) is 17.4. The predicted molar refractivity (Wildman–Crippen MR) is 131 cm³/mol. The number of hydrogen-bond acceptors (Lipinski definition) is 5. The van der Waals surface area contributed by atoms with Gasteiger partial charge in [0, 0.05) is 18.3 Å². The highest BCUT2D eigenvalue weighted by molar-refractivity contribution is 5.90. The molecular weight excluding hydrogens is 428 g/mol. The molecule has 1 heterocycles. The van der Waals surface area contributed by atoms with E-state index in [-0.39, 0.29) is 29.9 Å². The van der Waals surface area contributed by atoms with Crippen LogP contribution in [-0.2, 0) is 14.3 Å². The van der Waals surface area contributed by atoms with Crippen molar-refractivity contribution in [1.29, 1.82) is 0 Å². The molecule has 5 atom stereocenters. The van der Waals surface area contributed by atoms with Gasteiger partial charge in [-0.2, -0.15) is 0 Å². The predicted octanol–water partition coefficient (Wildman–Crippen LogP) is 5.72. The summed E-state index contributed by atoms with van der Waals surface area (Å²) in [7, 11) is 0. The molecule has 180 valence electrons. The average Bonchev–Trinajstić information content (AvgIpc) is 3.33. The number of carbonyl (C=O) groups is 2. The van der Waals surface area contributed by atoms with Gasteiger partial charge in [-0.05, 0) is 36.6 Å². The van der Waals surface area contributed by atoms with Gasteiger partial charge in [-0.3, -0.25) is 4.79 Å². The number of rotatable bonds is 9. The Kier molecular flexibility index (Phi) is 7.52. The van der Waals surface area contributed by atoms with E-state index in [1.54, 1.807) is 19.1 Å². The van der Waals surface area contributed by atoms with Crippen molar-refractivity contribution in [3.63, 3.8) is 0 Å². The largest absolute Gasteiger partial charge is 0.462 e. The van der Waals surface area contributed by atoms with Crippen molar-refractivity contribution >= 4 is 11.9 Å². The fourth-order valence-electron chi connectivity index (χ4n) is 5.06. The Bertz CT molecular complexity index is 1010. The molecule has 5 nitrogen and oxygen atoms in total. The second-order valence-corrected chi connectivity index (χ2v) is 9.77. The first-order chi connectivity index (χ1) is 16.4. The lowest BCUT2D eigenvalue weighted by molar-refractivity contribution is -0.141. The number of aliphatic hydroxyl groups is 1. The molecule has 2 aromatic rings. The second-order valence-electron chi connectivity index (χ2n) is 9.77. The Morgan fingerprint density at radius 3 is 2.53 bits per heavy atom. The first-order valence-corrected chi connectivity index (χ1v) is 12.3. The van der Waals surface area contributed by atoms with Crippen molar-refractivity contribution in [3.8, 4) is 11.1 Å². The molecular formula is C29H34O5. The van der Waals surface area contributed by atoms with E-state index in [0.29, 0.717) is 24.8 Å². The van der Waals surface area contributed by atoms with Gasteiger partial charge in [0.2, 0.25) is 0 Å². The normalized spacial score (nSPS) is 25.7. The lowest BCUT2D eigenvalue weighted by atomic mass is 9.89. The minimum absolute atomic E-state index is 0.0338. The molecule has 2 aromatic carbocycles. The number of ether oxygens (including phenoxy) is 2. The Balaban J connectivity index is 1.45. The summed E-state index contributed by atoms with van der Waals surface area (Å²) >= 11 is 0. The van der Waals surface area contributed by atoms with Crippen LogP contribution in [0.5, 0.6) is 0 Å². The van der Waals surface area contributed by atoms with E-state index in [1.807, 2.05) is 54.6 Å². The first kappa shape index (κ1) is 24.2. The molecule has 1 N–H and O–H groups in total. The number of carbonyl (C=O) groups excluding carboxylic acids is 2. The van der Waals surface area contributed by atoms with Crippen LogP contribution in [-0.4, -0.2) is 34.9 Å². The van der Waals surface area contributed by atoms with Crippen molar-refractivity contribution < 1.29 is 24.2 Å². The molecule has 1 aliphatic heterocycles. The molecule has 34 heavy (non-hydrogen) atoms. The summed E-state index contributed by atoms with van der Waals surface area (Å²) in [6.07, 6.45) is 7.70. The van der Waals surface area contributed by atoms with E-state index >= 15 is 0 Å². The van der Waals surface area contributed by atoms with Crippen molar-refractivity contribution in [1.82, 2.24) is 0 Å². The van der Waals surface area contributed by atoms with E-state index in [2.05, 4.69) is 6.92 Å². The third-order valence-corrected chi connectivity index (χ3v) is 7.00. The van der Waals surface area contributed by atoms with Crippen molar-refractivity contribution in [2.45, 2.75) is 70.2 Å². The number of esters is 2. The number of fused-ring (bicyclic) bond motifs is 1. The smallest absolute Gasteiger partial charge is 0.338 e. The second kappa shape index (κ2) is 10.6. The fraction of sp³-hybridized carbons (Fsp3) is 0.448. The van der Waals surface area contributed by atoms with Gasteiger partial charge in [0.05, 0.1) is 17.6 Å². The van der Waals surface area contributed by atoms with Crippen LogP contribution in [0.3, 0.4) is 0 Å². The van der Waals surface area contributed by atoms with Crippen LogP contribution in [0, 0.1) is 11.8 Å². The molecule has 0 bridgehead atoms. The zero-order valence-corrected chi connectivity index (χ0v) is 20.0. The van der Waals surface area contributed by atoms with E-state index in [9.17, 15) is 14.7 Å². The van der Waals surface area contributed by atoms with E-state index in [1.165, 1.54) is 0 Å². The summed E-state index contributed by atoms with van der Waals surface area (Å²) < 4.78 is 11.4. The van der Waals surface area contributed by atoms with Crippen LogP contribution in [0.4, 0.5) is 0 Å². The van der Waals surface area contributed by atoms with E-state index in [0.717, 1.165) is 30.4 Å². The SMILES string of the molecule is CCCCCC(C)(O)/C=C/C1[C@H]2CC(=O)O[C@H]2C[C@H]1OC(=O)c1ccc(-c2ccccc2)cc1. The quantitative estimate of drug-likeness (QED) is 0.293. The third kappa shape index (κ3) is 5.76. The summed E-state index contributed by atoms with van der Waals surface area (Å²) in [4.78, 5) is 24.8. The maximum atomic E-state index is 13.0. The van der Waals surface area contributed by atoms with Crippen molar-refractivity contribution in [3.05, 3.63) is 72.3 Å². The van der Waals surface area contributed by atoms with Gasteiger partial charge in [-0.1, -0.05) is 80.8 Å². The van der Waals surface area contributed by atoms with E-state index in [4.69, 9.17) is 9.47 Å². The van der Waals surface area contributed by atoms with Gasteiger partial charge in [0.15, 0.2) is 0 Å². The van der Waals surface area contributed by atoms with Crippen molar-refractivity contribution in [2.24, 2.45) is 11.8 Å². The fourth-order valence-corrected chi connectivity index (χ4v) is 5.06. The minimum atomic E-state index is -0.932. The molecule has 0 spiro atoms. The Hall–Kier alpha value is -2.92. The van der Waals surface area contributed by atoms with Gasteiger partial charge in [-0.25, -0.2) is 4.79 Å². The van der Waals surface area contributed by atoms with Crippen LogP contribution in [0.15, 0.2) is 66.7 Å². The summed E-state index contributed by atoms with van der Waals surface area (Å²) in [5.41, 5.74) is 1.68. The van der Waals surface area contributed by atoms with Crippen LogP contribution in [0.25, 0.3) is 11.1 Å². The lowest BCUT2D eigenvalue weighted by Gasteiger charge is -2.23.